The predicted molar refractivity (Wildman–Crippen MR) is 129 cm³/mol. The normalized spacial score (nSPS) is 16.6. The summed E-state index contributed by atoms with van der Waals surface area (Å²) in [5, 5.41) is 3.53. The van der Waals surface area contributed by atoms with Crippen molar-refractivity contribution in [1.29, 1.82) is 0 Å². The number of benzene rings is 1. The van der Waals surface area contributed by atoms with Crippen LogP contribution in [0.15, 0.2) is 36.5 Å². The second-order valence-electron chi connectivity index (χ2n) is 9.36. The number of pyridine rings is 1. The molecule has 1 aromatic carbocycles. The summed E-state index contributed by atoms with van der Waals surface area (Å²) in [5.41, 5.74) is 3.75. The van der Waals surface area contributed by atoms with Gasteiger partial charge in [-0.05, 0) is 55.9 Å². The van der Waals surface area contributed by atoms with Crippen LogP contribution in [0.5, 0.6) is 5.75 Å². The molecule has 0 spiro atoms. The Morgan fingerprint density at radius 1 is 1.18 bits per heavy atom. The quantitative estimate of drug-likeness (QED) is 0.404. The first-order valence-corrected chi connectivity index (χ1v) is 11.9. The van der Waals surface area contributed by atoms with Gasteiger partial charge in [0, 0.05) is 39.0 Å². The highest BCUT2D eigenvalue weighted by molar-refractivity contribution is 5.81. The molecular weight excluding hydrogens is 418 g/mol. The van der Waals surface area contributed by atoms with Crippen molar-refractivity contribution in [3.63, 3.8) is 0 Å². The molecule has 178 valence electrons. The van der Waals surface area contributed by atoms with Crippen molar-refractivity contribution in [3.05, 3.63) is 42.2 Å². The average molecular weight is 454 g/mol. The molecule has 1 aromatic heterocycles. The van der Waals surface area contributed by atoms with Crippen LogP contribution in [-0.2, 0) is 20.9 Å². The molecule has 7 nitrogen and oxygen atoms in total. The lowest BCUT2D eigenvalue weighted by molar-refractivity contribution is -0.135. The first-order valence-electron chi connectivity index (χ1n) is 11.9. The van der Waals surface area contributed by atoms with E-state index in [-0.39, 0.29) is 11.9 Å². The average Bonchev–Trinajstić information content (AvgIpc) is 3.66. The largest absolute Gasteiger partial charge is 0.426 e. The number of nitrogens with one attached hydrogen (secondary N) is 1. The molecule has 4 rings (SSSR count). The van der Waals surface area contributed by atoms with E-state index >= 15 is 0 Å². The van der Waals surface area contributed by atoms with Crippen molar-refractivity contribution >= 4 is 23.0 Å². The van der Waals surface area contributed by atoms with E-state index in [2.05, 4.69) is 35.1 Å². The number of hydrogen-bond acceptors (Lipinski definition) is 7. The van der Waals surface area contributed by atoms with E-state index in [1.54, 1.807) is 7.11 Å². The number of rotatable bonds is 10. The molecule has 2 heterocycles. The molecule has 1 aliphatic heterocycles. The number of aromatic nitrogens is 1. The Bertz CT molecular complexity index is 922. The number of carbonyl (C=O) groups excluding carboxylic acids is 1. The summed E-state index contributed by atoms with van der Waals surface area (Å²) < 4.78 is 16.5. The van der Waals surface area contributed by atoms with Crippen LogP contribution < -0.4 is 15.0 Å². The Morgan fingerprint density at radius 3 is 2.61 bits per heavy atom. The van der Waals surface area contributed by atoms with Gasteiger partial charge in [0.05, 0.1) is 41.5 Å². The summed E-state index contributed by atoms with van der Waals surface area (Å²) in [6.07, 6.45) is 5.65. The van der Waals surface area contributed by atoms with E-state index in [0.717, 1.165) is 68.2 Å². The number of carbonyl (C=O) groups is 1. The van der Waals surface area contributed by atoms with Crippen LogP contribution in [-0.4, -0.2) is 43.9 Å². The van der Waals surface area contributed by atoms with Crippen molar-refractivity contribution in [2.24, 2.45) is 11.8 Å². The first kappa shape index (κ1) is 23.5. The highest BCUT2D eigenvalue weighted by Gasteiger charge is 2.32. The fourth-order valence-corrected chi connectivity index (χ4v) is 4.17. The van der Waals surface area contributed by atoms with Crippen LogP contribution in [0.25, 0.3) is 0 Å². The molecule has 0 atom stereocenters. The Balaban J connectivity index is 1.64. The highest BCUT2D eigenvalue weighted by Crippen LogP contribution is 2.37. The molecule has 7 heteroatoms. The Kier molecular flexibility index (Phi) is 7.83. The van der Waals surface area contributed by atoms with E-state index in [9.17, 15) is 4.79 Å². The monoisotopic (exact) mass is 453 g/mol. The lowest BCUT2D eigenvalue weighted by Crippen LogP contribution is -2.42. The summed E-state index contributed by atoms with van der Waals surface area (Å²) in [4.78, 5) is 19.2. The van der Waals surface area contributed by atoms with Crippen LogP contribution in [0, 0.1) is 11.8 Å². The minimum atomic E-state index is -0.136. The molecule has 2 fully saturated rings. The summed E-state index contributed by atoms with van der Waals surface area (Å²) in [6.45, 7) is 7.46. The van der Waals surface area contributed by atoms with Gasteiger partial charge < -0.3 is 24.4 Å². The van der Waals surface area contributed by atoms with E-state index in [0.29, 0.717) is 24.3 Å². The minimum absolute atomic E-state index is 0.0540. The number of nitrogens with zero attached hydrogens (tertiary/aromatic N) is 2. The molecule has 2 aromatic rings. The van der Waals surface area contributed by atoms with Crippen LogP contribution in [0.4, 0.5) is 17.1 Å². The van der Waals surface area contributed by atoms with Crippen LogP contribution in [0.1, 0.15) is 45.2 Å². The minimum Gasteiger partial charge on any atom is -0.426 e. The topological polar surface area (TPSA) is 72.9 Å². The second kappa shape index (κ2) is 11.0. The van der Waals surface area contributed by atoms with Gasteiger partial charge in [-0.15, -0.1) is 0 Å². The lowest BCUT2D eigenvalue weighted by atomic mass is 10.0. The van der Waals surface area contributed by atoms with Crippen molar-refractivity contribution in [1.82, 2.24) is 4.98 Å². The summed E-state index contributed by atoms with van der Waals surface area (Å²) in [7, 11) is 1.66. The Hall–Kier alpha value is -2.64. The Labute approximate surface area is 196 Å². The third-order valence-electron chi connectivity index (χ3n) is 6.00. The summed E-state index contributed by atoms with van der Waals surface area (Å²) in [5.74, 6) is 0.989. The molecule has 33 heavy (non-hydrogen) atoms. The maximum absolute atomic E-state index is 12.3. The predicted octanol–water partition coefficient (Wildman–Crippen LogP) is 4.93. The molecular formula is C26H35N3O4. The zero-order valence-electron chi connectivity index (χ0n) is 19.9. The molecule has 1 saturated heterocycles. The maximum Gasteiger partial charge on any atom is 0.314 e. The number of methoxy groups -OCH3 is 1. The van der Waals surface area contributed by atoms with Gasteiger partial charge >= 0.3 is 5.97 Å². The maximum atomic E-state index is 12.3. The van der Waals surface area contributed by atoms with E-state index < -0.39 is 0 Å². The van der Waals surface area contributed by atoms with E-state index in [4.69, 9.17) is 14.2 Å². The number of hydrogen-bond donors (Lipinski definition) is 1. The Morgan fingerprint density at radius 2 is 1.97 bits per heavy atom. The van der Waals surface area contributed by atoms with Gasteiger partial charge in [0.15, 0.2) is 0 Å². The fourth-order valence-electron chi connectivity index (χ4n) is 4.17. The third-order valence-corrected chi connectivity index (χ3v) is 6.00. The lowest BCUT2D eigenvalue weighted by Gasteiger charge is -2.38. The highest BCUT2D eigenvalue weighted by atomic mass is 16.5. The smallest absolute Gasteiger partial charge is 0.314 e. The van der Waals surface area contributed by atoms with E-state index in [1.165, 1.54) is 0 Å². The number of anilines is 3. The summed E-state index contributed by atoms with van der Waals surface area (Å²) in [6, 6.07) is 10.3. The molecule has 1 aliphatic carbocycles. The van der Waals surface area contributed by atoms with E-state index in [1.807, 2.05) is 30.5 Å². The first-order chi connectivity index (χ1) is 16.0. The van der Waals surface area contributed by atoms with Crippen molar-refractivity contribution in [2.45, 2.75) is 52.2 Å². The van der Waals surface area contributed by atoms with Crippen LogP contribution in [0.2, 0.25) is 0 Å². The molecule has 1 saturated carbocycles. The molecule has 2 aliphatic rings. The van der Waals surface area contributed by atoms with Gasteiger partial charge in [-0.2, -0.15) is 0 Å². The molecule has 0 bridgehead atoms. The molecule has 1 N–H and O–H groups in total. The van der Waals surface area contributed by atoms with Gasteiger partial charge in [-0.3, -0.25) is 9.78 Å². The van der Waals surface area contributed by atoms with Crippen molar-refractivity contribution < 1.29 is 19.0 Å². The third kappa shape index (κ3) is 6.45. The van der Waals surface area contributed by atoms with Crippen molar-refractivity contribution in [2.75, 3.05) is 37.1 Å². The molecule has 0 amide bonds. The van der Waals surface area contributed by atoms with Crippen LogP contribution in [0.3, 0.4) is 0 Å². The zero-order chi connectivity index (χ0) is 23.2. The standard InChI is InChI=1S/C26H35N3O4/c1-18(2)16-29(22-10-12-32-13-11-22)25-9-8-23(33-26(30)19-4-5-19)14-24(25)28-20-6-7-21(17-31-3)27-15-20/h6-9,14-15,18-19,22,28H,4-5,10-13,16-17H2,1-3H3. The molecule has 0 unspecified atom stereocenters. The number of ether oxygens (including phenoxy) is 3. The van der Waals surface area contributed by atoms with Gasteiger partial charge in [-0.1, -0.05) is 13.8 Å². The van der Waals surface area contributed by atoms with Gasteiger partial charge in [0.2, 0.25) is 0 Å². The van der Waals surface area contributed by atoms with Gasteiger partial charge in [0.1, 0.15) is 5.75 Å². The fraction of sp³-hybridized carbons (Fsp3) is 0.538. The summed E-state index contributed by atoms with van der Waals surface area (Å²) >= 11 is 0. The van der Waals surface area contributed by atoms with Crippen molar-refractivity contribution in [3.8, 4) is 5.75 Å². The van der Waals surface area contributed by atoms with Gasteiger partial charge in [-0.25, -0.2) is 0 Å². The number of esters is 1. The SMILES string of the molecule is COCc1ccc(Nc2cc(OC(=O)C3CC3)ccc2N(CC(C)C)C2CCOCC2)cn1. The van der Waals surface area contributed by atoms with Crippen LogP contribution >= 0.6 is 0 Å². The zero-order valence-corrected chi connectivity index (χ0v) is 19.9. The molecule has 0 radical (unpaired) electrons. The van der Waals surface area contributed by atoms with Gasteiger partial charge in [0.25, 0.3) is 0 Å². The second-order valence-corrected chi connectivity index (χ2v) is 9.36.